The van der Waals surface area contributed by atoms with Gasteiger partial charge in [0, 0.05) is 12.2 Å². The van der Waals surface area contributed by atoms with Gasteiger partial charge in [-0.15, -0.1) is 0 Å². The Bertz CT molecular complexity index is 307. The van der Waals surface area contributed by atoms with Crippen LogP contribution in [0.5, 0.6) is 0 Å². The summed E-state index contributed by atoms with van der Waals surface area (Å²) in [5, 5.41) is 0. The first kappa shape index (κ1) is 14.3. The number of rotatable bonds is 9. The molecule has 17 heavy (non-hydrogen) atoms. The minimum atomic E-state index is 0.456. The van der Waals surface area contributed by atoms with Crippen LogP contribution in [-0.2, 0) is 17.9 Å². The number of hydrogen-bond donors (Lipinski definition) is 1. The van der Waals surface area contributed by atoms with E-state index in [2.05, 4.69) is 6.92 Å². The summed E-state index contributed by atoms with van der Waals surface area (Å²) in [5.74, 6) is 1.76. The van der Waals surface area contributed by atoms with Gasteiger partial charge in [0.05, 0.1) is 13.2 Å². The van der Waals surface area contributed by atoms with Crippen molar-refractivity contribution in [1.29, 1.82) is 0 Å². The molecule has 0 aliphatic carbocycles. The van der Waals surface area contributed by atoms with Crippen LogP contribution < -0.4 is 5.73 Å². The molecule has 1 aromatic rings. The van der Waals surface area contributed by atoms with E-state index in [9.17, 15) is 0 Å². The van der Waals surface area contributed by atoms with Crippen molar-refractivity contribution in [1.82, 2.24) is 0 Å². The second kappa shape index (κ2) is 8.31. The normalized spacial score (nSPS) is 11.0. The number of nitrogens with two attached hydrogens (primary N) is 1. The summed E-state index contributed by atoms with van der Waals surface area (Å²) in [5.41, 5.74) is 6.64. The van der Waals surface area contributed by atoms with Crippen LogP contribution in [0.15, 0.2) is 10.5 Å². The third-order valence-electron chi connectivity index (χ3n) is 2.92. The summed E-state index contributed by atoms with van der Waals surface area (Å²) in [7, 11) is 0. The van der Waals surface area contributed by atoms with Crippen molar-refractivity contribution in [3.8, 4) is 0 Å². The maximum Gasteiger partial charge on any atom is 0.118 e. The summed E-state index contributed by atoms with van der Waals surface area (Å²) < 4.78 is 11.1. The molecule has 0 bridgehead atoms. The average molecular weight is 239 g/mol. The second-order valence-electron chi connectivity index (χ2n) is 4.47. The third kappa shape index (κ3) is 5.37. The van der Waals surface area contributed by atoms with Crippen LogP contribution >= 0.6 is 0 Å². The molecule has 0 fully saturated rings. The van der Waals surface area contributed by atoms with E-state index in [1.165, 1.54) is 25.7 Å². The Morgan fingerprint density at radius 3 is 2.65 bits per heavy atom. The topological polar surface area (TPSA) is 48.4 Å². The highest BCUT2D eigenvalue weighted by molar-refractivity contribution is 5.19. The maximum absolute atomic E-state index is 5.64. The molecule has 0 spiro atoms. The summed E-state index contributed by atoms with van der Waals surface area (Å²) in [4.78, 5) is 0. The molecule has 0 amide bonds. The highest BCUT2D eigenvalue weighted by Crippen LogP contribution is 2.15. The van der Waals surface area contributed by atoms with Gasteiger partial charge in [0.1, 0.15) is 11.5 Å². The molecule has 0 radical (unpaired) electrons. The summed E-state index contributed by atoms with van der Waals surface area (Å²) >= 11 is 0. The second-order valence-corrected chi connectivity index (χ2v) is 4.47. The van der Waals surface area contributed by atoms with Gasteiger partial charge < -0.3 is 14.9 Å². The van der Waals surface area contributed by atoms with Crippen LogP contribution in [0.4, 0.5) is 0 Å². The molecule has 0 aliphatic rings. The molecule has 0 aliphatic heterocycles. The number of ether oxygens (including phenoxy) is 1. The zero-order chi connectivity index (χ0) is 12.5. The van der Waals surface area contributed by atoms with Crippen molar-refractivity contribution in [3.05, 3.63) is 23.2 Å². The zero-order valence-electron chi connectivity index (χ0n) is 11.1. The zero-order valence-corrected chi connectivity index (χ0v) is 11.1. The minimum absolute atomic E-state index is 0.456. The van der Waals surface area contributed by atoms with Gasteiger partial charge in [0.25, 0.3) is 0 Å². The van der Waals surface area contributed by atoms with E-state index in [0.717, 1.165) is 30.1 Å². The monoisotopic (exact) mass is 239 g/mol. The fourth-order valence-corrected chi connectivity index (χ4v) is 1.82. The first-order valence-corrected chi connectivity index (χ1v) is 6.64. The maximum atomic E-state index is 5.64. The molecular weight excluding hydrogens is 214 g/mol. The standard InChI is InChI=1S/C14H25NO2/c1-3-4-5-6-7-8-16-11-13-9-14(10-15)17-12(13)2/h9H,3-8,10-11,15H2,1-2H3. The van der Waals surface area contributed by atoms with Crippen LogP contribution in [0.2, 0.25) is 0 Å². The molecule has 0 saturated carbocycles. The van der Waals surface area contributed by atoms with Crippen LogP contribution in [0.25, 0.3) is 0 Å². The van der Waals surface area contributed by atoms with Crippen molar-refractivity contribution in [2.75, 3.05) is 6.61 Å². The molecule has 0 unspecified atom stereocenters. The third-order valence-corrected chi connectivity index (χ3v) is 2.92. The predicted octanol–water partition coefficient (Wildman–Crippen LogP) is 3.53. The fraction of sp³-hybridized carbons (Fsp3) is 0.714. The Labute approximate surface area is 104 Å². The highest BCUT2D eigenvalue weighted by atomic mass is 16.5. The van der Waals surface area contributed by atoms with E-state index >= 15 is 0 Å². The Kier molecular flexibility index (Phi) is 6.97. The number of unbranched alkanes of at least 4 members (excludes halogenated alkanes) is 4. The molecule has 2 N–H and O–H groups in total. The predicted molar refractivity (Wildman–Crippen MR) is 69.8 cm³/mol. The van der Waals surface area contributed by atoms with Crippen molar-refractivity contribution in [2.45, 2.75) is 59.1 Å². The SMILES string of the molecule is CCCCCCCOCc1cc(CN)oc1C. The summed E-state index contributed by atoms with van der Waals surface area (Å²) in [6, 6.07) is 1.99. The largest absolute Gasteiger partial charge is 0.465 e. The van der Waals surface area contributed by atoms with E-state index in [4.69, 9.17) is 14.9 Å². The van der Waals surface area contributed by atoms with Gasteiger partial charge >= 0.3 is 0 Å². The van der Waals surface area contributed by atoms with Crippen LogP contribution in [-0.4, -0.2) is 6.61 Å². The van der Waals surface area contributed by atoms with Gasteiger partial charge in [0.15, 0.2) is 0 Å². The number of aryl methyl sites for hydroxylation is 1. The fourth-order valence-electron chi connectivity index (χ4n) is 1.82. The molecule has 1 heterocycles. The Balaban J connectivity index is 2.11. The molecule has 1 rings (SSSR count). The Morgan fingerprint density at radius 2 is 2.00 bits per heavy atom. The average Bonchev–Trinajstić information content (AvgIpc) is 2.69. The van der Waals surface area contributed by atoms with Gasteiger partial charge in [-0.05, 0) is 19.4 Å². The first-order chi connectivity index (χ1) is 8.27. The Morgan fingerprint density at radius 1 is 1.24 bits per heavy atom. The lowest BCUT2D eigenvalue weighted by atomic mass is 10.2. The van der Waals surface area contributed by atoms with E-state index in [0.29, 0.717) is 13.2 Å². The molecule has 0 saturated heterocycles. The van der Waals surface area contributed by atoms with Gasteiger partial charge in [-0.1, -0.05) is 32.6 Å². The molecule has 1 aromatic heterocycles. The summed E-state index contributed by atoms with van der Waals surface area (Å²) in [6.45, 7) is 6.12. The first-order valence-electron chi connectivity index (χ1n) is 6.64. The van der Waals surface area contributed by atoms with Crippen molar-refractivity contribution in [3.63, 3.8) is 0 Å². The molecule has 0 atom stereocenters. The highest BCUT2D eigenvalue weighted by Gasteiger charge is 2.05. The van der Waals surface area contributed by atoms with Crippen LogP contribution in [0.3, 0.4) is 0 Å². The lowest BCUT2D eigenvalue weighted by molar-refractivity contribution is 0.116. The molecule has 3 nitrogen and oxygen atoms in total. The van der Waals surface area contributed by atoms with E-state index in [1.807, 2.05) is 13.0 Å². The van der Waals surface area contributed by atoms with E-state index in [-0.39, 0.29) is 0 Å². The minimum Gasteiger partial charge on any atom is -0.465 e. The summed E-state index contributed by atoms with van der Waals surface area (Å²) in [6.07, 6.45) is 6.37. The van der Waals surface area contributed by atoms with Crippen molar-refractivity contribution < 1.29 is 9.15 Å². The molecule has 98 valence electrons. The van der Waals surface area contributed by atoms with E-state index in [1.54, 1.807) is 0 Å². The van der Waals surface area contributed by atoms with Gasteiger partial charge in [0.2, 0.25) is 0 Å². The van der Waals surface area contributed by atoms with Gasteiger partial charge in [-0.25, -0.2) is 0 Å². The molecule has 3 heteroatoms. The Hall–Kier alpha value is -0.800. The molecule has 0 aromatic carbocycles. The van der Waals surface area contributed by atoms with Crippen LogP contribution in [0, 0.1) is 6.92 Å². The van der Waals surface area contributed by atoms with Crippen LogP contribution in [0.1, 0.15) is 56.1 Å². The van der Waals surface area contributed by atoms with Crippen molar-refractivity contribution in [2.24, 2.45) is 5.73 Å². The smallest absolute Gasteiger partial charge is 0.118 e. The van der Waals surface area contributed by atoms with Gasteiger partial charge in [-0.2, -0.15) is 0 Å². The quantitative estimate of drug-likeness (QED) is 0.671. The van der Waals surface area contributed by atoms with E-state index < -0.39 is 0 Å². The lowest BCUT2D eigenvalue weighted by Crippen LogP contribution is -1.96. The lowest BCUT2D eigenvalue weighted by Gasteiger charge is -2.03. The number of furan rings is 1. The number of hydrogen-bond acceptors (Lipinski definition) is 3. The molecular formula is C14H25NO2. The van der Waals surface area contributed by atoms with Gasteiger partial charge in [-0.3, -0.25) is 0 Å². The van der Waals surface area contributed by atoms with Crippen molar-refractivity contribution >= 4 is 0 Å².